The highest BCUT2D eigenvalue weighted by molar-refractivity contribution is 9.10. The Morgan fingerprint density at radius 3 is 2.46 bits per heavy atom. The first-order valence-electron chi connectivity index (χ1n) is 12.2. The van der Waals surface area contributed by atoms with Crippen LogP contribution in [0.2, 0.25) is 0 Å². The summed E-state index contributed by atoms with van der Waals surface area (Å²) in [7, 11) is 1.47. The lowest BCUT2D eigenvalue weighted by Crippen LogP contribution is -2.40. The van der Waals surface area contributed by atoms with Crippen LogP contribution in [0.5, 0.6) is 5.75 Å². The number of urea groups is 1. The van der Waals surface area contributed by atoms with Gasteiger partial charge in [-0.05, 0) is 70.0 Å². The van der Waals surface area contributed by atoms with Gasteiger partial charge < -0.3 is 30.7 Å². The first-order chi connectivity index (χ1) is 18.7. The smallest absolute Gasteiger partial charge is 0.335 e. The van der Waals surface area contributed by atoms with Crippen LogP contribution in [0.4, 0.5) is 26.2 Å². The second-order valence-corrected chi connectivity index (χ2v) is 9.92. The third kappa shape index (κ3) is 7.26. The summed E-state index contributed by atoms with van der Waals surface area (Å²) in [6.07, 6.45) is -0.874. The predicted molar refractivity (Wildman–Crippen MR) is 150 cm³/mol. The predicted octanol–water partition coefficient (Wildman–Crippen LogP) is 5.39. The molecule has 4 rings (SSSR count). The molecule has 4 N–H and O–H groups in total. The molecule has 3 aromatic carbocycles. The fourth-order valence-corrected chi connectivity index (χ4v) is 4.77. The van der Waals surface area contributed by atoms with Crippen molar-refractivity contribution in [2.75, 3.05) is 36.1 Å². The Morgan fingerprint density at radius 1 is 1.05 bits per heavy atom. The maximum Gasteiger partial charge on any atom is 0.335 e. The molecule has 0 saturated carbocycles. The molecule has 204 valence electrons. The first-order valence-corrected chi connectivity index (χ1v) is 13.0. The molecular formula is C28H28BrFN4O5. The lowest BCUT2D eigenvalue weighted by atomic mass is 10.1. The van der Waals surface area contributed by atoms with Gasteiger partial charge in [0.15, 0.2) is 0 Å². The van der Waals surface area contributed by atoms with Crippen molar-refractivity contribution in [3.05, 3.63) is 82.3 Å². The number of amides is 3. The van der Waals surface area contributed by atoms with E-state index in [4.69, 9.17) is 9.84 Å². The van der Waals surface area contributed by atoms with E-state index in [0.717, 1.165) is 4.47 Å². The molecule has 1 aliphatic rings. The van der Waals surface area contributed by atoms with Crippen LogP contribution in [0, 0.1) is 0 Å². The van der Waals surface area contributed by atoms with Crippen LogP contribution in [0.1, 0.15) is 22.3 Å². The number of para-hydroxylation sites is 1. The summed E-state index contributed by atoms with van der Waals surface area (Å²) in [6.45, 7) is 0.340. The number of hydrogen-bond acceptors (Lipinski definition) is 5. The van der Waals surface area contributed by atoms with E-state index in [1.807, 2.05) is 12.1 Å². The van der Waals surface area contributed by atoms with Gasteiger partial charge >= 0.3 is 12.0 Å². The highest BCUT2D eigenvalue weighted by atomic mass is 79.9. The van der Waals surface area contributed by atoms with E-state index in [-0.39, 0.29) is 36.9 Å². The van der Waals surface area contributed by atoms with Crippen molar-refractivity contribution in [1.82, 2.24) is 4.90 Å². The van der Waals surface area contributed by atoms with E-state index in [1.54, 1.807) is 42.5 Å². The summed E-state index contributed by atoms with van der Waals surface area (Å²) in [5.74, 6) is -0.855. The zero-order valence-electron chi connectivity index (χ0n) is 21.1. The van der Waals surface area contributed by atoms with Gasteiger partial charge in [0.05, 0.1) is 43.1 Å². The van der Waals surface area contributed by atoms with Crippen LogP contribution in [-0.2, 0) is 11.2 Å². The number of ether oxygens (including phenoxy) is 1. The van der Waals surface area contributed by atoms with E-state index < -0.39 is 18.2 Å². The number of nitrogens with one attached hydrogen (secondary N) is 3. The van der Waals surface area contributed by atoms with Crippen LogP contribution >= 0.6 is 15.9 Å². The minimum atomic E-state index is -1.13. The van der Waals surface area contributed by atoms with Crippen molar-refractivity contribution in [3.8, 4) is 5.75 Å². The molecule has 0 radical (unpaired) electrons. The molecule has 3 aromatic rings. The lowest BCUT2D eigenvalue weighted by Gasteiger charge is -2.25. The highest BCUT2D eigenvalue weighted by Gasteiger charge is 2.35. The van der Waals surface area contributed by atoms with Crippen LogP contribution in [0.15, 0.2) is 71.2 Å². The third-order valence-corrected chi connectivity index (χ3v) is 7.04. The number of likely N-dealkylation sites (tertiary alicyclic amines) is 1. The molecule has 0 aliphatic carbocycles. The quantitative estimate of drug-likeness (QED) is 0.262. The van der Waals surface area contributed by atoms with Gasteiger partial charge in [-0.1, -0.05) is 18.2 Å². The number of hydrogen-bond donors (Lipinski definition) is 4. The first kappa shape index (κ1) is 27.9. The molecular weight excluding hydrogens is 571 g/mol. The standard InChI is InChI=1S/C28H28BrFN4O5/c1-39-25-12-17(6-11-24(25)33-28(38)32-23-5-3-2-4-22(23)29)13-26(35)34-16-19(30)14-21(34)15-31-20-9-7-18(8-10-20)27(36)37/h2-12,19,21,31H,13-16H2,1H3,(H,36,37)(H2,32,33,38). The number of carboxylic acid groups (broad SMARTS) is 1. The molecule has 0 aromatic heterocycles. The average molecular weight is 599 g/mol. The Hall–Kier alpha value is -4.12. The van der Waals surface area contributed by atoms with E-state index in [9.17, 15) is 18.8 Å². The highest BCUT2D eigenvalue weighted by Crippen LogP contribution is 2.28. The molecule has 9 nitrogen and oxygen atoms in total. The van der Waals surface area contributed by atoms with Crippen LogP contribution in [-0.4, -0.2) is 60.3 Å². The normalized spacial score (nSPS) is 16.4. The average Bonchev–Trinajstić information content (AvgIpc) is 3.30. The molecule has 3 amide bonds. The Labute approximate surface area is 233 Å². The lowest BCUT2D eigenvalue weighted by molar-refractivity contribution is -0.131. The Bertz CT molecular complexity index is 1350. The van der Waals surface area contributed by atoms with Crippen molar-refractivity contribution in [3.63, 3.8) is 0 Å². The number of carbonyl (C=O) groups excluding carboxylic acids is 2. The van der Waals surface area contributed by atoms with Gasteiger partial charge in [-0.15, -0.1) is 0 Å². The largest absolute Gasteiger partial charge is 0.495 e. The zero-order chi connectivity index (χ0) is 27.9. The SMILES string of the molecule is COc1cc(CC(=O)N2CC(F)CC2CNc2ccc(C(=O)O)cc2)ccc1NC(=O)Nc1ccccc1Br. The molecule has 1 saturated heterocycles. The fraction of sp³-hybridized carbons (Fsp3) is 0.250. The van der Waals surface area contributed by atoms with Gasteiger partial charge in [-0.25, -0.2) is 14.0 Å². The molecule has 11 heteroatoms. The molecule has 39 heavy (non-hydrogen) atoms. The molecule has 2 atom stereocenters. The van der Waals surface area contributed by atoms with Gasteiger partial charge in [0, 0.05) is 23.1 Å². The maximum atomic E-state index is 14.3. The van der Waals surface area contributed by atoms with Crippen LogP contribution < -0.4 is 20.7 Å². The monoisotopic (exact) mass is 598 g/mol. The molecule has 1 heterocycles. The van der Waals surface area contributed by atoms with Gasteiger partial charge in [-0.2, -0.15) is 0 Å². The van der Waals surface area contributed by atoms with Gasteiger partial charge in [0.1, 0.15) is 11.9 Å². The number of benzene rings is 3. The van der Waals surface area contributed by atoms with Crippen LogP contribution in [0.25, 0.3) is 0 Å². The number of carboxylic acids is 1. The molecule has 0 spiro atoms. The van der Waals surface area contributed by atoms with Crippen molar-refractivity contribution < 1.29 is 28.6 Å². The van der Waals surface area contributed by atoms with Gasteiger partial charge in [0.2, 0.25) is 5.91 Å². The Balaban J connectivity index is 1.37. The number of aromatic carboxylic acids is 1. The second-order valence-electron chi connectivity index (χ2n) is 9.07. The molecule has 0 bridgehead atoms. The summed E-state index contributed by atoms with van der Waals surface area (Å²) in [5.41, 5.74) is 2.55. The van der Waals surface area contributed by atoms with Crippen molar-refractivity contribution in [1.29, 1.82) is 0 Å². The fourth-order valence-electron chi connectivity index (χ4n) is 4.39. The number of carbonyl (C=O) groups is 3. The number of nitrogens with zero attached hydrogens (tertiary/aromatic N) is 1. The van der Waals surface area contributed by atoms with Crippen molar-refractivity contribution >= 4 is 50.9 Å². The van der Waals surface area contributed by atoms with Gasteiger partial charge in [0.25, 0.3) is 0 Å². The number of alkyl halides is 1. The number of anilines is 3. The number of halogens is 2. The second kappa shape index (κ2) is 12.6. The minimum absolute atomic E-state index is 0.00905. The Kier molecular flexibility index (Phi) is 9.03. The number of methoxy groups -OCH3 is 1. The van der Waals surface area contributed by atoms with E-state index in [2.05, 4.69) is 31.9 Å². The molecule has 2 unspecified atom stereocenters. The minimum Gasteiger partial charge on any atom is -0.495 e. The van der Waals surface area contributed by atoms with Crippen molar-refractivity contribution in [2.45, 2.75) is 25.1 Å². The van der Waals surface area contributed by atoms with E-state index >= 15 is 0 Å². The van der Waals surface area contributed by atoms with E-state index in [0.29, 0.717) is 34.9 Å². The van der Waals surface area contributed by atoms with Crippen molar-refractivity contribution in [2.24, 2.45) is 0 Å². The molecule has 1 fully saturated rings. The third-order valence-electron chi connectivity index (χ3n) is 6.35. The summed E-state index contributed by atoms with van der Waals surface area (Å²) >= 11 is 3.39. The topological polar surface area (TPSA) is 120 Å². The summed E-state index contributed by atoms with van der Waals surface area (Å²) in [6, 6.07) is 17.7. The number of rotatable bonds is 9. The molecule has 1 aliphatic heterocycles. The maximum absolute atomic E-state index is 14.3. The zero-order valence-corrected chi connectivity index (χ0v) is 22.7. The Morgan fingerprint density at radius 2 is 1.77 bits per heavy atom. The summed E-state index contributed by atoms with van der Waals surface area (Å²) in [4.78, 5) is 38.2. The van der Waals surface area contributed by atoms with Crippen LogP contribution in [0.3, 0.4) is 0 Å². The van der Waals surface area contributed by atoms with E-state index in [1.165, 1.54) is 24.1 Å². The van der Waals surface area contributed by atoms with Gasteiger partial charge in [-0.3, -0.25) is 4.79 Å². The summed E-state index contributed by atoms with van der Waals surface area (Å²) in [5, 5.41) is 17.7. The summed E-state index contributed by atoms with van der Waals surface area (Å²) < 4.78 is 20.5.